The van der Waals surface area contributed by atoms with Crippen molar-refractivity contribution >= 4 is 22.7 Å². The van der Waals surface area contributed by atoms with Crippen LogP contribution < -0.4 is 10.1 Å². The normalized spacial score (nSPS) is 14.2. The number of ether oxygens (including phenoxy) is 1. The van der Waals surface area contributed by atoms with E-state index in [0.29, 0.717) is 6.54 Å². The predicted molar refractivity (Wildman–Crippen MR) is 91.4 cm³/mol. The Kier molecular flexibility index (Phi) is 4.96. The molecule has 2 heterocycles. The molecule has 0 unspecified atom stereocenters. The van der Waals surface area contributed by atoms with E-state index in [9.17, 15) is 14.5 Å². The molecule has 0 atom stereocenters. The lowest BCUT2D eigenvalue weighted by Gasteiger charge is -2.26. The quantitative estimate of drug-likeness (QED) is 0.639. The lowest BCUT2D eigenvalue weighted by molar-refractivity contribution is -0.384. The van der Waals surface area contributed by atoms with Crippen LogP contribution in [0.25, 0.3) is 0 Å². The number of hydrogen-bond acceptors (Lipinski definition) is 6. The highest BCUT2D eigenvalue weighted by Crippen LogP contribution is 2.31. The van der Waals surface area contributed by atoms with E-state index in [-0.39, 0.29) is 17.1 Å². The zero-order valence-electron chi connectivity index (χ0n) is 13.3. The van der Waals surface area contributed by atoms with Gasteiger partial charge in [0.2, 0.25) is 0 Å². The van der Waals surface area contributed by atoms with Gasteiger partial charge in [-0.2, -0.15) is 0 Å². The molecule has 128 valence electrons. The topological polar surface area (TPSA) is 67.6 Å². The molecular weight excluding hydrogens is 333 g/mol. The fourth-order valence-corrected chi connectivity index (χ4v) is 3.73. The number of nitro benzene ring substituents is 1. The maximum atomic E-state index is 13.6. The van der Waals surface area contributed by atoms with Crippen LogP contribution >= 0.6 is 11.3 Å². The lowest BCUT2D eigenvalue weighted by atomic mass is 10.1. The molecule has 1 aliphatic heterocycles. The highest BCUT2D eigenvalue weighted by molar-refractivity contribution is 7.10. The smallest absolute Gasteiger partial charge is 0.295 e. The van der Waals surface area contributed by atoms with Crippen LogP contribution in [0.2, 0.25) is 0 Å². The van der Waals surface area contributed by atoms with Crippen LogP contribution in [0, 0.1) is 15.9 Å². The molecule has 1 aliphatic rings. The van der Waals surface area contributed by atoms with E-state index in [1.54, 1.807) is 11.3 Å². The molecule has 8 heteroatoms. The first-order chi connectivity index (χ1) is 11.6. The summed E-state index contributed by atoms with van der Waals surface area (Å²) in [5.41, 5.74) is 1.35. The van der Waals surface area contributed by atoms with Gasteiger partial charge in [-0.1, -0.05) is 0 Å². The molecule has 0 aliphatic carbocycles. The number of benzene rings is 1. The summed E-state index contributed by atoms with van der Waals surface area (Å²) in [5.74, 6) is -0.750. The average Bonchev–Trinajstić information content (AvgIpc) is 3.03. The van der Waals surface area contributed by atoms with E-state index in [1.165, 1.54) is 23.6 Å². The molecule has 2 aromatic rings. The third-order valence-corrected chi connectivity index (χ3v) is 5.12. The van der Waals surface area contributed by atoms with Crippen LogP contribution in [0.4, 0.5) is 15.8 Å². The number of thiophene rings is 1. The summed E-state index contributed by atoms with van der Waals surface area (Å²) in [5, 5.41) is 16.2. The molecule has 6 nitrogen and oxygen atoms in total. The van der Waals surface area contributed by atoms with E-state index in [0.717, 1.165) is 32.1 Å². The van der Waals surface area contributed by atoms with Gasteiger partial charge in [0.05, 0.1) is 18.1 Å². The predicted octanol–water partition coefficient (Wildman–Crippen LogP) is 3.27. The van der Waals surface area contributed by atoms with Crippen LogP contribution in [0.3, 0.4) is 0 Å². The van der Waals surface area contributed by atoms with Crippen LogP contribution in [0.15, 0.2) is 23.6 Å². The second-order valence-electron chi connectivity index (χ2n) is 5.58. The summed E-state index contributed by atoms with van der Waals surface area (Å²) in [7, 11) is 1.33. The summed E-state index contributed by atoms with van der Waals surface area (Å²) < 4.78 is 18.5. The van der Waals surface area contributed by atoms with E-state index >= 15 is 0 Å². The van der Waals surface area contributed by atoms with Gasteiger partial charge < -0.3 is 10.1 Å². The number of nitrogens with one attached hydrogen (secondary N) is 1. The number of hydrogen-bond donors (Lipinski definition) is 1. The minimum absolute atomic E-state index is 0.0102. The highest BCUT2D eigenvalue weighted by Gasteiger charge is 2.20. The second-order valence-corrected chi connectivity index (χ2v) is 6.58. The minimum atomic E-state index is -0.740. The molecule has 0 bridgehead atoms. The van der Waals surface area contributed by atoms with Crippen LogP contribution in [-0.4, -0.2) is 36.6 Å². The molecule has 1 aromatic carbocycles. The number of methoxy groups -OCH3 is 1. The third kappa shape index (κ3) is 3.49. The number of nitrogens with zero attached hydrogens (tertiary/aromatic N) is 2. The van der Waals surface area contributed by atoms with Crippen molar-refractivity contribution in [1.82, 2.24) is 4.90 Å². The van der Waals surface area contributed by atoms with Crippen LogP contribution in [0.1, 0.15) is 10.4 Å². The van der Waals surface area contributed by atoms with E-state index in [4.69, 9.17) is 4.74 Å². The molecule has 0 amide bonds. The highest BCUT2D eigenvalue weighted by atomic mass is 32.1. The molecule has 0 saturated heterocycles. The molecule has 0 radical (unpaired) electrons. The van der Waals surface area contributed by atoms with Crippen molar-refractivity contribution in [3.05, 3.63) is 50.0 Å². The van der Waals surface area contributed by atoms with Crippen molar-refractivity contribution in [3.8, 4) is 5.75 Å². The Hall–Kier alpha value is -2.19. The van der Waals surface area contributed by atoms with Crippen molar-refractivity contribution in [2.45, 2.75) is 13.0 Å². The number of rotatable bonds is 6. The summed E-state index contributed by atoms with van der Waals surface area (Å²) in [6.45, 7) is 3.17. The Balaban J connectivity index is 1.63. The zero-order valence-corrected chi connectivity index (χ0v) is 14.1. The Morgan fingerprint density at radius 1 is 1.50 bits per heavy atom. The average molecular weight is 351 g/mol. The first kappa shape index (κ1) is 16.7. The fraction of sp³-hybridized carbons (Fsp3) is 0.375. The minimum Gasteiger partial charge on any atom is -0.494 e. The molecule has 0 spiro atoms. The second kappa shape index (κ2) is 7.14. The van der Waals surface area contributed by atoms with Gasteiger partial charge in [-0.25, -0.2) is 4.39 Å². The maximum Gasteiger partial charge on any atom is 0.295 e. The lowest BCUT2D eigenvalue weighted by Crippen LogP contribution is -2.33. The van der Waals surface area contributed by atoms with Gasteiger partial charge in [0, 0.05) is 37.1 Å². The summed E-state index contributed by atoms with van der Waals surface area (Å²) >= 11 is 1.79. The maximum absolute atomic E-state index is 13.6. The van der Waals surface area contributed by atoms with E-state index in [1.807, 2.05) is 0 Å². The standard InChI is InChI=1S/C16H18FN3O3S/c1-23-15-9-13(14(20(21)22)8-12(15)17)18-4-6-19-5-2-16-11(10-19)3-7-24-16/h3,7-9,18H,2,4-6,10H2,1H3. The van der Waals surface area contributed by atoms with E-state index < -0.39 is 10.7 Å². The Morgan fingerprint density at radius 2 is 2.33 bits per heavy atom. The van der Waals surface area contributed by atoms with Gasteiger partial charge in [-0.3, -0.25) is 15.0 Å². The van der Waals surface area contributed by atoms with Crippen LogP contribution in [0.5, 0.6) is 5.75 Å². The number of nitro groups is 1. The van der Waals surface area contributed by atoms with Gasteiger partial charge >= 0.3 is 0 Å². The largest absolute Gasteiger partial charge is 0.494 e. The van der Waals surface area contributed by atoms with Gasteiger partial charge in [0.1, 0.15) is 5.69 Å². The van der Waals surface area contributed by atoms with Crippen molar-refractivity contribution < 1.29 is 14.1 Å². The number of halogens is 1. The molecule has 1 N–H and O–H groups in total. The molecule has 0 fully saturated rings. The zero-order chi connectivity index (χ0) is 17.1. The van der Waals surface area contributed by atoms with Gasteiger partial charge in [0.15, 0.2) is 11.6 Å². The molecule has 1 aromatic heterocycles. The Bertz CT molecular complexity index is 750. The monoisotopic (exact) mass is 351 g/mol. The van der Waals surface area contributed by atoms with Crippen LogP contribution in [-0.2, 0) is 13.0 Å². The Morgan fingerprint density at radius 3 is 3.08 bits per heavy atom. The first-order valence-corrected chi connectivity index (χ1v) is 8.50. The van der Waals surface area contributed by atoms with Crippen molar-refractivity contribution in [2.75, 3.05) is 32.1 Å². The van der Waals surface area contributed by atoms with E-state index in [2.05, 4.69) is 21.7 Å². The van der Waals surface area contributed by atoms with Gasteiger partial charge in [0.25, 0.3) is 5.69 Å². The molecular formula is C16H18FN3O3S. The fourth-order valence-electron chi connectivity index (χ4n) is 2.84. The van der Waals surface area contributed by atoms with Crippen molar-refractivity contribution in [1.29, 1.82) is 0 Å². The number of anilines is 1. The van der Waals surface area contributed by atoms with Crippen molar-refractivity contribution in [3.63, 3.8) is 0 Å². The number of fused-ring (bicyclic) bond motifs is 1. The summed E-state index contributed by atoms with van der Waals surface area (Å²) in [4.78, 5) is 14.2. The third-order valence-electron chi connectivity index (χ3n) is 4.10. The van der Waals surface area contributed by atoms with Gasteiger partial charge in [-0.05, 0) is 23.4 Å². The van der Waals surface area contributed by atoms with Crippen molar-refractivity contribution in [2.24, 2.45) is 0 Å². The SMILES string of the molecule is COc1cc(NCCN2CCc3sccc3C2)c([N+](=O)[O-])cc1F. The first-order valence-electron chi connectivity index (χ1n) is 7.62. The van der Waals surface area contributed by atoms with Gasteiger partial charge in [-0.15, -0.1) is 11.3 Å². The molecule has 24 heavy (non-hydrogen) atoms. The molecule has 0 saturated carbocycles. The molecule has 3 rings (SSSR count). The Labute approximate surface area is 143 Å². The summed E-state index contributed by atoms with van der Waals surface area (Å²) in [6.07, 6.45) is 1.04. The summed E-state index contributed by atoms with van der Waals surface area (Å²) in [6, 6.07) is 4.37.